The predicted molar refractivity (Wildman–Crippen MR) is 71.0 cm³/mol. The summed E-state index contributed by atoms with van der Waals surface area (Å²) in [5.74, 6) is -0.231. The number of benzene rings is 2. The molecule has 0 atom stereocenters. The number of hydrogen-bond acceptors (Lipinski definition) is 2. The van der Waals surface area contributed by atoms with Crippen LogP contribution >= 0.6 is 11.8 Å². The van der Waals surface area contributed by atoms with E-state index in [1.165, 1.54) is 23.9 Å². The van der Waals surface area contributed by atoms with Crippen molar-refractivity contribution in [3.63, 3.8) is 0 Å². The van der Waals surface area contributed by atoms with E-state index in [0.717, 1.165) is 16.0 Å². The van der Waals surface area contributed by atoms with Crippen LogP contribution in [-0.2, 0) is 0 Å². The Balaban J connectivity index is 1.97. The maximum Gasteiger partial charge on any atom is 0.200 e. The Morgan fingerprint density at radius 3 is 2.44 bits per heavy atom. The first-order valence-electron chi connectivity index (χ1n) is 5.53. The lowest BCUT2D eigenvalue weighted by molar-refractivity contribution is 0.104. The Morgan fingerprint density at radius 2 is 1.72 bits per heavy atom. The van der Waals surface area contributed by atoms with E-state index in [2.05, 4.69) is 0 Å². The lowest BCUT2D eigenvalue weighted by Crippen LogP contribution is -1.93. The molecule has 0 aliphatic carbocycles. The zero-order valence-corrected chi connectivity index (χ0v) is 10.2. The van der Waals surface area contributed by atoms with Gasteiger partial charge in [0.05, 0.1) is 4.91 Å². The number of hydrogen-bond donors (Lipinski definition) is 0. The Morgan fingerprint density at radius 1 is 1.00 bits per heavy atom. The van der Waals surface area contributed by atoms with Gasteiger partial charge in [-0.25, -0.2) is 4.39 Å². The minimum Gasteiger partial charge on any atom is -0.288 e. The molecule has 1 nitrogen and oxygen atoms in total. The smallest absolute Gasteiger partial charge is 0.200 e. The second-order valence-corrected chi connectivity index (χ2v) is 5.07. The molecule has 0 amide bonds. The van der Waals surface area contributed by atoms with Crippen molar-refractivity contribution in [2.75, 3.05) is 0 Å². The molecule has 2 aromatic carbocycles. The average Bonchev–Trinajstić information content (AvgIpc) is 2.70. The van der Waals surface area contributed by atoms with Crippen molar-refractivity contribution in [3.8, 4) is 0 Å². The minimum absolute atomic E-state index is 0.0416. The molecule has 1 aliphatic heterocycles. The molecule has 3 rings (SSSR count). The predicted octanol–water partition coefficient (Wildman–Crippen LogP) is 4.16. The summed E-state index contributed by atoms with van der Waals surface area (Å²) in [4.78, 5) is 13.8. The van der Waals surface area contributed by atoms with E-state index in [-0.39, 0.29) is 11.6 Å². The molecule has 0 N–H and O–H groups in total. The van der Waals surface area contributed by atoms with E-state index < -0.39 is 0 Å². The summed E-state index contributed by atoms with van der Waals surface area (Å²) in [6.07, 6.45) is 1.80. The summed E-state index contributed by atoms with van der Waals surface area (Å²) in [6.45, 7) is 0. The Labute approximate surface area is 108 Å². The van der Waals surface area contributed by atoms with Gasteiger partial charge < -0.3 is 0 Å². The first-order valence-corrected chi connectivity index (χ1v) is 6.34. The number of ketones is 1. The third-order valence-electron chi connectivity index (χ3n) is 2.74. The molecule has 0 fully saturated rings. The molecular formula is C15H9FOS. The molecule has 88 valence electrons. The minimum atomic E-state index is -0.272. The number of carbonyl (C=O) groups excluding carboxylic acids is 1. The van der Waals surface area contributed by atoms with Gasteiger partial charge in [0, 0.05) is 10.5 Å². The Hall–Kier alpha value is -1.87. The summed E-state index contributed by atoms with van der Waals surface area (Å²) in [5, 5.41) is 0. The molecule has 0 radical (unpaired) electrons. The van der Waals surface area contributed by atoms with Crippen LogP contribution in [0.3, 0.4) is 0 Å². The van der Waals surface area contributed by atoms with Gasteiger partial charge in [0.25, 0.3) is 0 Å². The highest BCUT2D eigenvalue weighted by Gasteiger charge is 2.24. The van der Waals surface area contributed by atoms with Gasteiger partial charge in [-0.05, 0) is 35.9 Å². The first kappa shape index (κ1) is 11.2. The molecule has 0 saturated carbocycles. The summed E-state index contributed by atoms with van der Waals surface area (Å²) in [7, 11) is 0. The second-order valence-electron chi connectivity index (χ2n) is 3.99. The van der Waals surface area contributed by atoms with Crippen molar-refractivity contribution in [2.45, 2.75) is 4.90 Å². The molecule has 2 aromatic rings. The van der Waals surface area contributed by atoms with Gasteiger partial charge in [0.2, 0.25) is 5.78 Å². The number of thioether (sulfide) groups is 1. The fourth-order valence-corrected chi connectivity index (χ4v) is 2.90. The molecule has 1 aliphatic rings. The number of allylic oxidation sites excluding steroid dienone is 1. The highest BCUT2D eigenvalue weighted by molar-refractivity contribution is 8.04. The van der Waals surface area contributed by atoms with E-state index in [0.29, 0.717) is 4.91 Å². The zero-order valence-electron chi connectivity index (χ0n) is 9.39. The molecule has 0 unspecified atom stereocenters. The number of Topliss-reactive ketones (excluding diaryl/α,β-unsaturated/α-hetero) is 1. The fourth-order valence-electron chi connectivity index (χ4n) is 1.85. The molecule has 0 spiro atoms. The second kappa shape index (κ2) is 4.42. The molecule has 18 heavy (non-hydrogen) atoms. The number of fused-ring (bicyclic) bond motifs is 1. The third kappa shape index (κ3) is 1.97. The Kier molecular flexibility index (Phi) is 2.76. The zero-order chi connectivity index (χ0) is 12.5. The van der Waals surface area contributed by atoms with Crippen molar-refractivity contribution in [3.05, 3.63) is 70.4 Å². The van der Waals surface area contributed by atoms with Crippen molar-refractivity contribution in [1.82, 2.24) is 0 Å². The fraction of sp³-hybridized carbons (Fsp3) is 0. The summed E-state index contributed by atoms with van der Waals surface area (Å²) >= 11 is 1.46. The molecule has 3 heteroatoms. The van der Waals surface area contributed by atoms with Gasteiger partial charge in [-0.2, -0.15) is 0 Å². The summed E-state index contributed by atoms with van der Waals surface area (Å²) in [5.41, 5.74) is 1.58. The normalized spacial score (nSPS) is 16.1. The van der Waals surface area contributed by atoms with Crippen LogP contribution in [-0.4, -0.2) is 5.78 Å². The van der Waals surface area contributed by atoms with Crippen LogP contribution in [0, 0.1) is 5.82 Å². The van der Waals surface area contributed by atoms with Gasteiger partial charge in [-0.1, -0.05) is 36.0 Å². The average molecular weight is 256 g/mol. The first-order chi connectivity index (χ1) is 8.74. The molecule has 0 saturated heterocycles. The van der Waals surface area contributed by atoms with Crippen LogP contribution in [0.1, 0.15) is 15.9 Å². The maximum atomic E-state index is 12.8. The highest BCUT2D eigenvalue weighted by Crippen LogP contribution is 2.40. The Bertz CT molecular complexity index is 644. The number of carbonyl (C=O) groups is 1. The van der Waals surface area contributed by atoms with E-state index in [4.69, 9.17) is 0 Å². The SMILES string of the molecule is O=C1C(=Cc2ccc(F)cc2)Sc2ccccc21. The topological polar surface area (TPSA) is 17.1 Å². The monoisotopic (exact) mass is 256 g/mol. The van der Waals surface area contributed by atoms with E-state index >= 15 is 0 Å². The lowest BCUT2D eigenvalue weighted by atomic mass is 10.1. The molecule has 1 heterocycles. The van der Waals surface area contributed by atoms with Crippen molar-refractivity contribution in [1.29, 1.82) is 0 Å². The van der Waals surface area contributed by atoms with Gasteiger partial charge in [-0.15, -0.1) is 0 Å². The van der Waals surface area contributed by atoms with Crippen LogP contribution in [0.15, 0.2) is 58.3 Å². The van der Waals surface area contributed by atoms with Crippen LogP contribution in [0.5, 0.6) is 0 Å². The molecule has 0 aromatic heterocycles. The van der Waals surface area contributed by atoms with Crippen molar-refractivity contribution < 1.29 is 9.18 Å². The number of rotatable bonds is 1. The highest BCUT2D eigenvalue weighted by atomic mass is 32.2. The van der Waals surface area contributed by atoms with Gasteiger partial charge in [-0.3, -0.25) is 4.79 Å². The summed E-state index contributed by atoms with van der Waals surface area (Å²) in [6, 6.07) is 13.7. The third-order valence-corrected chi connectivity index (χ3v) is 3.84. The van der Waals surface area contributed by atoms with Crippen molar-refractivity contribution >= 4 is 23.6 Å². The molecule has 0 bridgehead atoms. The van der Waals surface area contributed by atoms with Gasteiger partial charge in [0.15, 0.2) is 0 Å². The van der Waals surface area contributed by atoms with Crippen LogP contribution in [0.25, 0.3) is 6.08 Å². The quantitative estimate of drug-likeness (QED) is 0.713. The van der Waals surface area contributed by atoms with E-state index in [1.807, 2.05) is 24.3 Å². The van der Waals surface area contributed by atoms with Crippen LogP contribution in [0.4, 0.5) is 4.39 Å². The molecular weight excluding hydrogens is 247 g/mol. The maximum absolute atomic E-state index is 12.8. The van der Waals surface area contributed by atoms with Gasteiger partial charge in [0.1, 0.15) is 5.82 Å². The largest absolute Gasteiger partial charge is 0.288 e. The standard InChI is InChI=1S/C15H9FOS/c16-11-7-5-10(6-8-11)9-14-15(17)12-3-1-2-4-13(12)18-14/h1-9H. The lowest BCUT2D eigenvalue weighted by Gasteiger charge is -1.96. The van der Waals surface area contributed by atoms with Crippen LogP contribution < -0.4 is 0 Å². The van der Waals surface area contributed by atoms with Gasteiger partial charge >= 0.3 is 0 Å². The van der Waals surface area contributed by atoms with E-state index in [1.54, 1.807) is 18.2 Å². The summed E-state index contributed by atoms with van der Waals surface area (Å²) < 4.78 is 12.8. The van der Waals surface area contributed by atoms with E-state index in [9.17, 15) is 9.18 Å². The van der Waals surface area contributed by atoms with Crippen molar-refractivity contribution in [2.24, 2.45) is 0 Å². The number of halogens is 1. The van der Waals surface area contributed by atoms with Crippen LogP contribution in [0.2, 0.25) is 0 Å².